The van der Waals surface area contributed by atoms with E-state index in [0.29, 0.717) is 60.0 Å². The number of fused-ring (bicyclic) bond motifs is 2. The predicted octanol–water partition coefficient (Wildman–Crippen LogP) is 5.28. The molecular formula is C31H31ClF2N6O2. The Morgan fingerprint density at radius 3 is 2.64 bits per heavy atom. The summed E-state index contributed by atoms with van der Waals surface area (Å²) in [7, 11) is 2.06. The molecule has 0 N–H and O–H groups in total. The van der Waals surface area contributed by atoms with E-state index in [9.17, 15) is 9.18 Å². The van der Waals surface area contributed by atoms with Crippen molar-refractivity contribution in [2.45, 2.75) is 18.9 Å². The molecule has 2 aromatic heterocycles. The number of alkyl halides is 1. The van der Waals surface area contributed by atoms with Gasteiger partial charge in [0, 0.05) is 60.5 Å². The van der Waals surface area contributed by atoms with Gasteiger partial charge in [-0.05, 0) is 44.0 Å². The number of likely N-dealkylation sites (N-methyl/N-ethyl adjacent to an activating group) is 1. The van der Waals surface area contributed by atoms with E-state index in [2.05, 4.69) is 21.9 Å². The molecule has 11 heteroatoms. The van der Waals surface area contributed by atoms with Crippen molar-refractivity contribution in [3.05, 3.63) is 65.6 Å². The highest BCUT2D eigenvalue weighted by Gasteiger charge is 2.27. The molecule has 0 unspecified atom stereocenters. The number of halogens is 3. The lowest BCUT2D eigenvalue weighted by Gasteiger charge is -2.35. The number of piperazine rings is 1. The second-order valence-electron chi connectivity index (χ2n) is 10.6. The van der Waals surface area contributed by atoms with Crippen molar-refractivity contribution in [2.24, 2.45) is 0 Å². The molecule has 4 heterocycles. The third-order valence-corrected chi connectivity index (χ3v) is 8.38. The summed E-state index contributed by atoms with van der Waals surface area (Å²) in [5.74, 6) is -0.331. The van der Waals surface area contributed by atoms with Gasteiger partial charge < -0.3 is 19.4 Å². The van der Waals surface area contributed by atoms with E-state index in [1.54, 1.807) is 23.2 Å². The van der Waals surface area contributed by atoms with Crippen LogP contribution in [0.25, 0.3) is 32.9 Å². The van der Waals surface area contributed by atoms with Crippen LogP contribution in [-0.4, -0.2) is 89.8 Å². The third kappa shape index (κ3) is 5.48. The summed E-state index contributed by atoms with van der Waals surface area (Å²) in [5, 5.41) is 2.55. The van der Waals surface area contributed by atoms with Crippen molar-refractivity contribution in [3.63, 3.8) is 0 Å². The molecule has 1 atom stereocenters. The summed E-state index contributed by atoms with van der Waals surface area (Å²) >= 11 is 6.55. The first-order chi connectivity index (χ1) is 20.4. The van der Waals surface area contributed by atoms with E-state index < -0.39 is 12.5 Å². The number of benzene rings is 2. The zero-order valence-electron chi connectivity index (χ0n) is 23.3. The van der Waals surface area contributed by atoms with Gasteiger partial charge in [0.25, 0.3) is 0 Å². The highest BCUT2D eigenvalue weighted by Crippen LogP contribution is 2.37. The lowest BCUT2D eigenvalue weighted by molar-refractivity contribution is -0.126. The number of anilines is 1. The van der Waals surface area contributed by atoms with Crippen molar-refractivity contribution in [2.75, 3.05) is 58.0 Å². The summed E-state index contributed by atoms with van der Waals surface area (Å²) in [6.45, 7) is 2.42. The Kier molecular flexibility index (Phi) is 8.17. The summed E-state index contributed by atoms with van der Waals surface area (Å²) in [6, 6.07) is 11.4. The minimum absolute atomic E-state index is 0.0918. The van der Waals surface area contributed by atoms with Gasteiger partial charge >= 0.3 is 6.01 Å². The molecule has 0 aliphatic carbocycles. The number of carbonyl (C=O) groups is 1. The molecule has 0 radical (unpaired) electrons. The first kappa shape index (κ1) is 28.2. The fraction of sp³-hybridized carbons (Fsp3) is 0.355. The van der Waals surface area contributed by atoms with E-state index in [1.165, 1.54) is 12.2 Å². The molecule has 0 saturated carbocycles. The molecule has 2 fully saturated rings. The van der Waals surface area contributed by atoms with Gasteiger partial charge in [0.1, 0.15) is 30.3 Å². The highest BCUT2D eigenvalue weighted by molar-refractivity contribution is 6.36. The fourth-order valence-electron chi connectivity index (χ4n) is 5.76. The highest BCUT2D eigenvalue weighted by atomic mass is 35.5. The normalized spacial score (nSPS) is 18.0. The molecule has 42 heavy (non-hydrogen) atoms. The Bertz CT molecular complexity index is 1650. The predicted molar refractivity (Wildman–Crippen MR) is 160 cm³/mol. The Morgan fingerprint density at radius 1 is 1.12 bits per heavy atom. The number of amides is 1. The van der Waals surface area contributed by atoms with Crippen molar-refractivity contribution in [1.82, 2.24) is 24.8 Å². The van der Waals surface area contributed by atoms with Crippen LogP contribution in [0.5, 0.6) is 6.01 Å². The Balaban J connectivity index is 1.40. The smallest absolute Gasteiger partial charge is 0.319 e. The molecule has 4 aromatic rings. The van der Waals surface area contributed by atoms with Gasteiger partial charge in [-0.25, -0.2) is 8.78 Å². The maximum Gasteiger partial charge on any atom is 0.319 e. The van der Waals surface area contributed by atoms with Crippen molar-refractivity contribution in [3.8, 4) is 17.3 Å². The zero-order valence-corrected chi connectivity index (χ0v) is 24.0. The van der Waals surface area contributed by atoms with Crippen molar-refractivity contribution < 1.29 is 18.3 Å². The molecule has 0 spiro atoms. The molecule has 8 nitrogen and oxygen atoms in total. The second kappa shape index (κ2) is 12.1. The number of pyridine rings is 1. The number of hydrogen-bond acceptors (Lipinski definition) is 7. The lowest BCUT2D eigenvalue weighted by Crippen LogP contribution is -2.48. The van der Waals surface area contributed by atoms with Gasteiger partial charge in [0.05, 0.1) is 5.39 Å². The lowest BCUT2D eigenvalue weighted by atomic mass is 10.0. The SMILES string of the molecule is CN1CCC[C@H]1COc1nc(N2CCN(C(=O)/C=C/CF)CC2)c2cnc(-c3cccc4cccc(Cl)c34)c(F)c2n1. The van der Waals surface area contributed by atoms with Crippen LogP contribution < -0.4 is 9.64 Å². The van der Waals surface area contributed by atoms with E-state index in [0.717, 1.165) is 24.8 Å². The van der Waals surface area contributed by atoms with E-state index >= 15 is 4.39 Å². The van der Waals surface area contributed by atoms with Gasteiger partial charge in [-0.15, -0.1) is 0 Å². The minimum Gasteiger partial charge on any atom is -0.462 e. The van der Waals surface area contributed by atoms with Crippen LogP contribution in [0.3, 0.4) is 0 Å². The molecule has 2 aliphatic rings. The fourth-order valence-corrected chi connectivity index (χ4v) is 6.04. The van der Waals surface area contributed by atoms with Crippen molar-refractivity contribution >= 4 is 45.0 Å². The average Bonchev–Trinajstić information content (AvgIpc) is 3.43. The number of rotatable bonds is 7. The number of allylic oxidation sites excluding steroid dienone is 1. The van der Waals surface area contributed by atoms with Crippen LogP contribution >= 0.6 is 11.6 Å². The first-order valence-electron chi connectivity index (χ1n) is 14.1. The Hall–Kier alpha value is -3.89. The number of likely N-dealkylation sites (tertiary alicyclic amines) is 1. The van der Waals surface area contributed by atoms with Crippen LogP contribution in [0.1, 0.15) is 12.8 Å². The topological polar surface area (TPSA) is 74.7 Å². The molecule has 218 valence electrons. The van der Waals surface area contributed by atoms with Gasteiger partial charge in [0.2, 0.25) is 5.91 Å². The molecule has 2 saturated heterocycles. The maximum atomic E-state index is 16.5. The molecular weight excluding hydrogens is 562 g/mol. The monoisotopic (exact) mass is 592 g/mol. The Labute approximate surface area is 247 Å². The summed E-state index contributed by atoms with van der Waals surface area (Å²) in [6.07, 6.45) is 6.15. The van der Waals surface area contributed by atoms with E-state index in [1.807, 2.05) is 29.2 Å². The van der Waals surface area contributed by atoms with Gasteiger partial charge in [-0.2, -0.15) is 9.97 Å². The third-order valence-electron chi connectivity index (χ3n) is 8.07. The van der Waals surface area contributed by atoms with E-state index in [-0.39, 0.29) is 29.2 Å². The quantitative estimate of drug-likeness (QED) is 0.270. The van der Waals surface area contributed by atoms with Crippen LogP contribution in [0, 0.1) is 5.82 Å². The van der Waals surface area contributed by atoms with Crippen LogP contribution in [-0.2, 0) is 4.79 Å². The van der Waals surface area contributed by atoms with Crippen LogP contribution in [0.4, 0.5) is 14.6 Å². The van der Waals surface area contributed by atoms with Crippen molar-refractivity contribution in [1.29, 1.82) is 0 Å². The number of nitrogens with zero attached hydrogens (tertiary/aromatic N) is 6. The molecule has 2 aliphatic heterocycles. The molecule has 2 aromatic carbocycles. The molecule has 6 rings (SSSR count). The molecule has 0 bridgehead atoms. The van der Waals surface area contributed by atoms with Gasteiger partial charge in [-0.3, -0.25) is 9.78 Å². The Morgan fingerprint density at radius 2 is 1.90 bits per heavy atom. The molecule has 1 amide bonds. The number of hydrogen-bond donors (Lipinski definition) is 0. The number of ether oxygens (including phenoxy) is 1. The van der Waals surface area contributed by atoms with Crippen LogP contribution in [0.15, 0.2) is 54.7 Å². The van der Waals surface area contributed by atoms with E-state index in [4.69, 9.17) is 21.3 Å². The second-order valence-corrected chi connectivity index (χ2v) is 11.0. The zero-order chi connectivity index (χ0) is 29.2. The summed E-state index contributed by atoms with van der Waals surface area (Å²) in [5.41, 5.74) is 0.816. The minimum atomic E-state index is -0.691. The standard InChI is InChI=1S/C31H31ClF2N6O2/c1-38-13-5-8-21(38)19-42-31-36-29-23(30(37-31)40-16-14-39(15-17-40)25(41)11-4-12-33)18-35-28(27(29)34)22-9-2-6-20-7-3-10-24(32)26(20)22/h2-4,6-7,9-11,18,21H,5,8,12-17,19H2,1H3/b11-4+/t21-/m0/s1. The summed E-state index contributed by atoms with van der Waals surface area (Å²) < 4.78 is 35.0. The average molecular weight is 593 g/mol. The largest absolute Gasteiger partial charge is 0.462 e. The van der Waals surface area contributed by atoms with Crippen LogP contribution in [0.2, 0.25) is 5.02 Å². The van der Waals surface area contributed by atoms with Gasteiger partial charge in [0.15, 0.2) is 5.82 Å². The maximum absolute atomic E-state index is 16.5. The van der Waals surface area contributed by atoms with Gasteiger partial charge in [-0.1, -0.05) is 41.9 Å². The number of aromatic nitrogens is 3. The summed E-state index contributed by atoms with van der Waals surface area (Å²) in [4.78, 5) is 32.1. The number of carbonyl (C=O) groups excluding carboxylic acids is 1. The first-order valence-corrected chi connectivity index (χ1v) is 14.5.